The second-order valence-corrected chi connectivity index (χ2v) is 6.18. The molecule has 1 fully saturated rings. The second kappa shape index (κ2) is 7.93. The van der Waals surface area contributed by atoms with E-state index in [2.05, 4.69) is 58.7 Å². The summed E-state index contributed by atoms with van der Waals surface area (Å²) in [6.07, 6.45) is 3.11. The van der Waals surface area contributed by atoms with Gasteiger partial charge in [-0.1, -0.05) is 60.7 Å². The number of rotatable bonds is 5. The normalized spacial score (nSPS) is 18.5. The molecule has 3 nitrogen and oxygen atoms in total. The topological polar surface area (TPSA) is 32.3 Å². The molecule has 1 amide bonds. The molecule has 0 aliphatic carbocycles. The van der Waals surface area contributed by atoms with E-state index in [0.717, 1.165) is 38.9 Å². The number of benzene rings is 2. The van der Waals surface area contributed by atoms with E-state index in [9.17, 15) is 4.79 Å². The molecule has 1 N–H and O–H groups in total. The number of nitrogens with one attached hydrogen (secondary N) is 1. The molecular formula is C20H24N2O. The molecule has 0 saturated carbocycles. The first-order valence-corrected chi connectivity index (χ1v) is 8.42. The predicted octanol–water partition coefficient (Wildman–Crippen LogP) is 3.36. The molecule has 120 valence electrons. The van der Waals surface area contributed by atoms with Crippen molar-refractivity contribution in [2.24, 2.45) is 0 Å². The molecule has 0 aromatic heterocycles. The van der Waals surface area contributed by atoms with Crippen LogP contribution in [0, 0.1) is 0 Å². The molecule has 0 unspecified atom stereocenters. The van der Waals surface area contributed by atoms with Crippen LogP contribution in [0.5, 0.6) is 0 Å². The zero-order chi connectivity index (χ0) is 15.9. The van der Waals surface area contributed by atoms with Crippen molar-refractivity contribution in [1.82, 2.24) is 10.2 Å². The fraction of sp³-hybridized carbons (Fsp3) is 0.350. The summed E-state index contributed by atoms with van der Waals surface area (Å²) >= 11 is 0. The van der Waals surface area contributed by atoms with Gasteiger partial charge in [0.25, 0.3) is 0 Å². The van der Waals surface area contributed by atoms with Crippen molar-refractivity contribution in [3.63, 3.8) is 0 Å². The van der Waals surface area contributed by atoms with Crippen molar-refractivity contribution in [2.45, 2.75) is 38.4 Å². The van der Waals surface area contributed by atoms with E-state index >= 15 is 0 Å². The summed E-state index contributed by atoms with van der Waals surface area (Å²) in [4.78, 5) is 14.8. The van der Waals surface area contributed by atoms with Crippen molar-refractivity contribution in [3.05, 3.63) is 71.8 Å². The summed E-state index contributed by atoms with van der Waals surface area (Å²) in [5.74, 6) is 0.175. The summed E-state index contributed by atoms with van der Waals surface area (Å²) in [5.41, 5.74) is 2.50. The molecule has 1 heterocycles. The highest BCUT2D eigenvalue weighted by Gasteiger charge is 2.27. The molecule has 3 rings (SSSR count). The van der Waals surface area contributed by atoms with Crippen LogP contribution < -0.4 is 5.32 Å². The number of amides is 1. The minimum atomic E-state index is -0.0436. The molecule has 3 heteroatoms. The van der Waals surface area contributed by atoms with Crippen LogP contribution in [0.2, 0.25) is 0 Å². The molecule has 0 bridgehead atoms. The third-order valence-electron chi connectivity index (χ3n) is 4.40. The van der Waals surface area contributed by atoms with Crippen molar-refractivity contribution in [3.8, 4) is 0 Å². The lowest BCUT2D eigenvalue weighted by atomic mass is 10.1. The van der Waals surface area contributed by atoms with Gasteiger partial charge in [0, 0.05) is 19.6 Å². The maximum absolute atomic E-state index is 12.5. The molecule has 2 aromatic rings. The van der Waals surface area contributed by atoms with Crippen molar-refractivity contribution >= 4 is 5.91 Å². The largest absolute Gasteiger partial charge is 0.355 e. The summed E-state index contributed by atoms with van der Waals surface area (Å²) in [7, 11) is 0. The quantitative estimate of drug-likeness (QED) is 0.918. The van der Waals surface area contributed by atoms with Crippen LogP contribution in [0.25, 0.3) is 0 Å². The van der Waals surface area contributed by atoms with Gasteiger partial charge in [-0.15, -0.1) is 0 Å². The minimum absolute atomic E-state index is 0.0436. The number of carbonyl (C=O) groups excluding carboxylic acids is 1. The van der Waals surface area contributed by atoms with Crippen LogP contribution in [-0.2, 0) is 17.9 Å². The predicted molar refractivity (Wildman–Crippen MR) is 92.8 cm³/mol. The van der Waals surface area contributed by atoms with E-state index in [4.69, 9.17) is 0 Å². The highest BCUT2D eigenvalue weighted by molar-refractivity contribution is 5.81. The zero-order valence-corrected chi connectivity index (χ0v) is 13.4. The van der Waals surface area contributed by atoms with Crippen LogP contribution in [-0.4, -0.2) is 23.4 Å². The molecular weight excluding hydrogens is 284 g/mol. The first-order chi connectivity index (χ1) is 11.3. The Bertz CT molecular complexity index is 571. The number of nitrogens with zero attached hydrogens (tertiary/aromatic N) is 1. The standard InChI is InChI=1S/C20H24N2O/c23-20-19(13-7-8-14-21-20)22(15-17-9-3-1-4-10-17)16-18-11-5-2-6-12-18/h1-6,9-12,19H,7-8,13-16H2,(H,21,23)/t19-/m0/s1. The molecule has 0 spiro atoms. The fourth-order valence-electron chi connectivity index (χ4n) is 3.18. The first-order valence-electron chi connectivity index (χ1n) is 8.42. The lowest BCUT2D eigenvalue weighted by Gasteiger charge is -2.30. The number of hydrogen-bond donors (Lipinski definition) is 1. The van der Waals surface area contributed by atoms with Gasteiger partial charge in [0.2, 0.25) is 5.91 Å². The van der Waals surface area contributed by atoms with Gasteiger partial charge >= 0.3 is 0 Å². The Hall–Kier alpha value is -2.13. The Morgan fingerprint density at radius 1 is 0.870 bits per heavy atom. The monoisotopic (exact) mass is 308 g/mol. The van der Waals surface area contributed by atoms with Gasteiger partial charge in [-0.05, 0) is 30.4 Å². The van der Waals surface area contributed by atoms with Gasteiger partial charge in [0.1, 0.15) is 0 Å². The molecule has 1 aliphatic heterocycles. The van der Waals surface area contributed by atoms with Gasteiger partial charge in [0.05, 0.1) is 6.04 Å². The third-order valence-corrected chi connectivity index (χ3v) is 4.40. The van der Waals surface area contributed by atoms with E-state index in [1.807, 2.05) is 12.1 Å². The fourth-order valence-corrected chi connectivity index (χ4v) is 3.18. The van der Waals surface area contributed by atoms with Gasteiger partial charge in [0.15, 0.2) is 0 Å². The van der Waals surface area contributed by atoms with Crippen molar-refractivity contribution < 1.29 is 4.79 Å². The third kappa shape index (κ3) is 4.42. The van der Waals surface area contributed by atoms with Gasteiger partial charge in [-0.25, -0.2) is 0 Å². The number of carbonyl (C=O) groups is 1. The molecule has 1 aliphatic rings. The summed E-state index contributed by atoms with van der Waals surface area (Å²) in [6, 6.07) is 20.8. The average Bonchev–Trinajstić information content (AvgIpc) is 2.81. The molecule has 1 atom stereocenters. The van der Waals surface area contributed by atoms with E-state index in [1.54, 1.807) is 0 Å². The highest BCUT2D eigenvalue weighted by Crippen LogP contribution is 2.19. The van der Waals surface area contributed by atoms with Crippen LogP contribution >= 0.6 is 0 Å². The lowest BCUT2D eigenvalue weighted by Crippen LogP contribution is -2.45. The van der Waals surface area contributed by atoms with Crippen LogP contribution in [0.3, 0.4) is 0 Å². The average molecular weight is 308 g/mol. The smallest absolute Gasteiger partial charge is 0.237 e. The Morgan fingerprint density at radius 2 is 1.43 bits per heavy atom. The lowest BCUT2D eigenvalue weighted by molar-refractivity contribution is -0.126. The van der Waals surface area contributed by atoms with Crippen molar-refractivity contribution in [1.29, 1.82) is 0 Å². The summed E-state index contributed by atoms with van der Waals surface area (Å²) in [6.45, 7) is 2.40. The van der Waals surface area contributed by atoms with Gasteiger partial charge < -0.3 is 5.32 Å². The van der Waals surface area contributed by atoms with Crippen LogP contribution in [0.1, 0.15) is 30.4 Å². The molecule has 2 aromatic carbocycles. The molecule has 1 saturated heterocycles. The maximum Gasteiger partial charge on any atom is 0.237 e. The van der Waals surface area contributed by atoms with Crippen LogP contribution in [0.15, 0.2) is 60.7 Å². The summed E-state index contributed by atoms with van der Waals surface area (Å²) in [5, 5.41) is 3.07. The first kappa shape index (κ1) is 15.8. The zero-order valence-electron chi connectivity index (χ0n) is 13.4. The Labute approximate surface area is 138 Å². The van der Waals surface area contributed by atoms with Crippen molar-refractivity contribution in [2.75, 3.05) is 6.54 Å². The SMILES string of the molecule is O=C1NCCCC[C@@H]1N(Cc1ccccc1)Cc1ccccc1. The Morgan fingerprint density at radius 3 is 2.00 bits per heavy atom. The van der Waals surface area contributed by atoms with Crippen LogP contribution in [0.4, 0.5) is 0 Å². The highest BCUT2D eigenvalue weighted by atomic mass is 16.2. The minimum Gasteiger partial charge on any atom is -0.355 e. The Balaban J connectivity index is 1.81. The van der Waals surface area contributed by atoms with E-state index in [-0.39, 0.29) is 11.9 Å². The Kier molecular flexibility index (Phi) is 5.43. The van der Waals surface area contributed by atoms with Gasteiger partial charge in [-0.3, -0.25) is 9.69 Å². The van der Waals surface area contributed by atoms with E-state index in [0.29, 0.717) is 0 Å². The molecule has 0 radical (unpaired) electrons. The summed E-state index contributed by atoms with van der Waals surface area (Å²) < 4.78 is 0. The van der Waals surface area contributed by atoms with Gasteiger partial charge in [-0.2, -0.15) is 0 Å². The van der Waals surface area contributed by atoms with E-state index < -0.39 is 0 Å². The number of hydrogen-bond acceptors (Lipinski definition) is 2. The van der Waals surface area contributed by atoms with E-state index in [1.165, 1.54) is 11.1 Å². The maximum atomic E-state index is 12.5. The second-order valence-electron chi connectivity index (χ2n) is 6.18. The molecule has 23 heavy (non-hydrogen) atoms.